The molecule has 1 saturated carbocycles. The van der Waals surface area contributed by atoms with E-state index in [0.717, 1.165) is 25.7 Å². The van der Waals surface area contributed by atoms with E-state index < -0.39 is 11.2 Å². The van der Waals surface area contributed by atoms with Crippen LogP contribution in [0.5, 0.6) is 5.88 Å². The first-order valence-electron chi connectivity index (χ1n) is 6.05. The third-order valence-electron chi connectivity index (χ3n) is 3.62. The highest BCUT2D eigenvalue weighted by atomic mass is 16.3. The van der Waals surface area contributed by atoms with Gasteiger partial charge in [-0.05, 0) is 25.7 Å². The minimum absolute atomic E-state index is 0.00167. The quantitative estimate of drug-likeness (QED) is 0.774. The molecular weight excluding hydrogens is 220 g/mol. The van der Waals surface area contributed by atoms with Crippen LogP contribution in [-0.4, -0.2) is 14.7 Å². The lowest BCUT2D eigenvalue weighted by atomic mass is 9.87. The van der Waals surface area contributed by atoms with Gasteiger partial charge in [0.2, 0.25) is 5.88 Å². The van der Waals surface area contributed by atoms with E-state index in [1.54, 1.807) is 0 Å². The molecule has 1 aromatic heterocycles. The Labute approximate surface area is 99.1 Å². The van der Waals surface area contributed by atoms with E-state index in [4.69, 9.17) is 0 Å². The lowest BCUT2D eigenvalue weighted by Crippen LogP contribution is -2.35. The van der Waals surface area contributed by atoms with E-state index in [2.05, 4.69) is 11.9 Å². The van der Waals surface area contributed by atoms with E-state index in [1.165, 1.54) is 11.5 Å². The molecule has 2 unspecified atom stereocenters. The SMILES string of the molecule is Cc1c(O)n(C2CCCC(C)C2)c(=O)[nH]c1=O. The fraction of sp³-hybridized carbons (Fsp3) is 0.667. The molecule has 0 amide bonds. The van der Waals surface area contributed by atoms with E-state index in [-0.39, 0.29) is 17.5 Å². The summed E-state index contributed by atoms with van der Waals surface area (Å²) in [7, 11) is 0. The van der Waals surface area contributed by atoms with Gasteiger partial charge in [0.15, 0.2) is 0 Å². The number of nitrogens with one attached hydrogen (secondary N) is 1. The van der Waals surface area contributed by atoms with Gasteiger partial charge in [-0.1, -0.05) is 19.8 Å². The maximum atomic E-state index is 11.8. The van der Waals surface area contributed by atoms with Gasteiger partial charge in [0.1, 0.15) is 0 Å². The Balaban J connectivity index is 2.48. The minimum atomic E-state index is -0.507. The van der Waals surface area contributed by atoms with Crippen LogP contribution in [0.3, 0.4) is 0 Å². The maximum absolute atomic E-state index is 11.8. The number of rotatable bonds is 1. The number of hydrogen-bond acceptors (Lipinski definition) is 3. The van der Waals surface area contributed by atoms with E-state index in [0.29, 0.717) is 5.92 Å². The van der Waals surface area contributed by atoms with Crippen LogP contribution >= 0.6 is 0 Å². The van der Waals surface area contributed by atoms with Crippen LogP contribution in [0, 0.1) is 12.8 Å². The van der Waals surface area contributed by atoms with Crippen molar-refractivity contribution in [1.29, 1.82) is 0 Å². The smallest absolute Gasteiger partial charge is 0.331 e. The van der Waals surface area contributed by atoms with Gasteiger partial charge >= 0.3 is 5.69 Å². The summed E-state index contributed by atoms with van der Waals surface area (Å²) in [4.78, 5) is 25.3. The van der Waals surface area contributed by atoms with E-state index >= 15 is 0 Å². The third-order valence-corrected chi connectivity index (χ3v) is 3.62. The molecule has 2 rings (SSSR count). The molecule has 1 fully saturated rings. The molecule has 0 spiro atoms. The Bertz CT molecular complexity index is 530. The molecular formula is C12H18N2O3. The molecule has 0 saturated heterocycles. The molecule has 17 heavy (non-hydrogen) atoms. The van der Waals surface area contributed by atoms with Crippen LogP contribution in [0.25, 0.3) is 0 Å². The molecule has 1 aliphatic rings. The molecule has 5 heteroatoms. The summed E-state index contributed by atoms with van der Waals surface area (Å²) in [5.74, 6) is 0.366. The lowest BCUT2D eigenvalue weighted by molar-refractivity contribution is 0.251. The Morgan fingerprint density at radius 1 is 1.35 bits per heavy atom. The predicted molar refractivity (Wildman–Crippen MR) is 64.4 cm³/mol. The van der Waals surface area contributed by atoms with Crippen molar-refractivity contribution in [1.82, 2.24) is 9.55 Å². The Morgan fingerprint density at radius 3 is 2.71 bits per heavy atom. The van der Waals surface area contributed by atoms with Crippen molar-refractivity contribution in [2.45, 2.75) is 45.6 Å². The molecule has 1 aromatic rings. The summed E-state index contributed by atoms with van der Waals surface area (Å²) in [6, 6.07) is 0.00167. The van der Waals surface area contributed by atoms with Crippen LogP contribution in [0.4, 0.5) is 0 Å². The molecule has 1 aliphatic carbocycles. The standard InChI is InChI=1S/C12H18N2O3/c1-7-4-3-5-9(6-7)14-11(16)8(2)10(15)13-12(14)17/h7,9,16H,3-6H2,1-2H3,(H,13,15,17). The highest BCUT2D eigenvalue weighted by Crippen LogP contribution is 2.33. The number of nitrogens with zero attached hydrogens (tertiary/aromatic N) is 1. The van der Waals surface area contributed by atoms with Crippen LogP contribution < -0.4 is 11.2 Å². The van der Waals surface area contributed by atoms with Crippen molar-refractivity contribution in [2.24, 2.45) is 5.92 Å². The van der Waals surface area contributed by atoms with Gasteiger partial charge in [-0.3, -0.25) is 14.3 Å². The first kappa shape index (κ1) is 12.0. The summed E-state index contributed by atoms with van der Waals surface area (Å²) in [6.07, 6.45) is 3.96. The van der Waals surface area contributed by atoms with Gasteiger partial charge in [0.05, 0.1) is 5.56 Å². The molecule has 0 bridgehead atoms. The average Bonchev–Trinajstić information content (AvgIpc) is 2.26. The Hall–Kier alpha value is -1.52. The molecule has 94 valence electrons. The monoisotopic (exact) mass is 238 g/mol. The first-order chi connectivity index (χ1) is 8.00. The number of aromatic hydroxyl groups is 1. The zero-order chi connectivity index (χ0) is 12.6. The highest BCUT2D eigenvalue weighted by Gasteiger charge is 2.24. The topological polar surface area (TPSA) is 75.1 Å². The van der Waals surface area contributed by atoms with Crippen molar-refractivity contribution in [3.8, 4) is 5.88 Å². The molecule has 2 N–H and O–H groups in total. The summed E-state index contributed by atoms with van der Waals surface area (Å²) in [5, 5.41) is 9.94. The highest BCUT2D eigenvalue weighted by molar-refractivity contribution is 5.21. The maximum Gasteiger partial charge on any atom is 0.331 e. The summed E-state index contributed by atoms with van der Waals surface area (Å²) in [5.41, 5.74) is -0.798. The zero-order valence-electron chi connectivity index (χ0n) is 10.2. The van der Waals surface area contributed by atoms with Crippen molar-refractivity contribution < 1.29 is 5.11 Å². The summed E-state index contributed by atoms with van der Waals surface area (Å²) in [6.45, 7) is 3.67. The van der Waals surface area contributed by atoms with Crippen molar-refractivity contribution in [3.63, 3.8) is 0 Å². The van der Waals surface area contributed by atoms with E-state index in [9.17, 15) is 14.7 Å². The number of H-pyrrole nitrogens is 1. The predicted octanol–water partition coefficient (Wildman–Crippen LogP) is 1.30. The molecule has 5 nitrogen and oxygen atoms in total. The molecule has 0 radical (unpaired) electrons. The van der Waals surface area contributed by atoms with Crippen LogP contribution in [-0.2, 0) is 0 Å². The fourth-order valence-electron chi connectivity index (χ4n) is 2.60. The second kappa shape index (κ2) is 4.39. The number of hydrogen-bond donors (Lipinski definition) is 2. The third kappa shape index (κ3) is 2.14. The van der Waals surface area contributed by atoms with Gasteiger partial charge in [-0.2, -0.15) is 0 Å². The van der Waals surface area contributed by atoms with Crippen LogP contribution in [0.1, 0.15) is 44.2 Å². The first-order valence-corrected chi connectivity index (χ1v) is 6.05. The fourth-order valence-corrected chi connectivity index (χ4v) is 2.60. The lowest BCUT2D eigenvalue weighted by Gasteiger charge is -2.28. The van der Waals surface area contributed by atoms with E-state index in [1.807, 2.05) is 0 Å². The Morgan fingerprint density at radius 2 is 2.06 bits per heavy atom. The van der Waals surface area contributed by atoms with Gasteiger partial charge in [0, 0.05) is 6.04 Å². The number of aromatic amines is 1. The van der Waals surface area contributed by atoms with Gasteiger partial charge < -0.3 is 5.11 Å². The normalized spacial score (nSPS) is 24.8. The molecule has 1 heterocycles. The molecule has 0 aliphatic heterocycles. The van der Waals surface area contributed by atoms with Crippen molar-refractivity contribution >= 4 is 0 Å². The van der Waals surface area contributed by atoms with Crippen LogP contribution in [0.15, 0.2) is 9.59 Å². The Kier molecular flexibility index (Phi) is 3.09. The van der Waals surface area contributed by atoms with Crippen molar-refractivity contribution in [2.75, 3.05) is 0 Å². The van der Waals surface area contributed by atoms with Crippen molar-refractivity contribution in [3.05, 3.63) is 26.4 Å². The van der Waals surface area contributed by atoms with Gasteiger partial charge in [0.25, 0.3) is 5.56 Å². The van der Waals surface area contributed by atoms with Crippen LogP contribution in [0.2, 0.25) is 0 Å². The average molecular weight is 238 g/mol. The largest absolute Gasteiger partial charge is 0.494 e. The molecule has 2 atom stereocenters. The zero-order valence-corrected chi connectivity index (χ0v) is 10.2. The second-order valence-corrected chi connectivity index (χ2v) is 5.00. The van der Waals surface area contributed by atoms with Gasteiger partial charge in [-0.15, -0.1) is 0 Å². The molecule has 0 aromatic carbocycles. The minimum Gasteiger partial charge on any atom is -0.494 e. The summed E-state index contributed by atoms with van der Waals surface area (Å²) >= 11 is 0. The second-order valence-electron chi connectivity index (χ2n) is 5.00. The summed E-state index contributed by atoms with van der Waals surface area (Å²) < 4.78 is 1.34. The van der Waals surface area contributed by atoms with Gasteiger partial charge in [-0.25, -0.2) is 4.79 Å². The number of aromatic nitrogens is 2.